The zero-order chi connectivity index (χ0) is 10.6. The van der Waals surface area contributed by atoms with E-state index in [-0.39, 0.29) is 12.2 Å². The fourth-order valence-electron chi connectivity index (χ4n) is 0.848. The topological polar surface area (TPSA) is 86.2 Å². The first-order valence-electron chi connectivity index (χ1n) is 4.11. The number of aromatic amines is 1. The third-order valence-corrected chi connectivity index (χ3v) is 2.49. The second-order valence-electron chi connectivity index (χ2n) is 2.84. The Labute approximate surface area is 85.2 Å². The van der Waals surface area contributed by atoms with Crippen LogP contribution >= 0.6 is 11.8 Å². The molecular weight excluding hydrogens is 204 g/mol. The highest BCUT2D eigenvalue weighted by atomic mass is 32.2. The molecule has 0 aliphatic heterocycles. The van der Waals surface area contributed by atoms with Crippen LogP contribution in [-0.4, -0.2) is 38.6 Å². The van der Waals surface area contributed by atoms with Gasteiger partial charge in [0.05, 0.1) is 12.7 Å². The molecule has 1 rings (SSSR count). The van der Waals surface area contributed by atoms with Crippen LogP contribution in [0.1, 0.15) is 5.69 Å². The lowest BCUT2D eigenvalue weighted by atomic mass is 10.4. The molecule has 0 aliphatic carbocycles. The van der Waals surface area contributed by atoms with Crippen LogP contribution in [0.2, 0.25) is 0 Å². The van der Waals surface area contributed by atoms with Crippen molar-refractivity contribution in [3.8, 4) is 0 Å². The summed E-state index contributed by atoms with van der Waals surface area (Å²) in [5.74, 6) is 0.308. The van der Waals surface area contributed by atoms with Gasteiger partial charge in [-0.1, -0.05) is 11.8 Å². The quantitative estimate of drug-likeness (QED) is 0.467. The average Bonchev–Trinajstić information content (AvgIpc) is 2.12. The molecule has 0 saturated carbocycles. The first kappa shape index (κ1) is 11.2. The Morgan fingerprint density at radius 3 is 3.00 bits per heavy atom. The van der Waals surface area contributed by atoms with Crippen molar-refractivity contribution in [2.24, 2.45) is 0 Å². The molecular formula is C8H12N2O3S. The molecule has 3 N–H and O–H groups in total. The van der Waals surface area contributed by atoms with Crippen LogP contribution in [-0.2, 0) is 0 Å². The molecule has 78 valence electrons. The predicted molar refractivity (Wildman–Crippen MR) is 53.4 cm³/mol. The van der Waals surface area contributed by atoms with E-state index in [2.05, 4.69) is 9.97 Å². The van der Waals surface area contributed by atoms with Gasteiger partial charge in [0, 0.05) is 17.5 Å². The summed E-state index contributed by atoms with van der Waals surface area (Å²) in [6.45, 7) is 1.44. The molecule has 5 nitrogen and oxygen atoms in total. The van der Waals surface area contributed by atoms with Crippen molar-refractivity contribution in [1.29, 1.82) is 0 Å². The van der Waals surface area contributed by atoms with Crippen molar-refractivity contribution < 1.29 is 10.2 Å². The summed E-state index contributed by atoms with van der Waals surface area (Å²) in [6, 6.07) is 1.40. The van der Waals surface area contributed by atoms with Crippen LogP contribution in [0.4, 0.5) is 0 Å². The fourth-order valence-corrected chi connectivity index (χ4v) is 1.68. The lowest BCUT2D eigenvalue weighted by Gasteiger charge is -2.05. The molecule has 0 bridgehead atoms. The van der Waals surface area contributed by atoms with Crippen molar-refractivity contribution in [2.45, 2.75) is 18.2 Å². The Morgan fingerprint density at radius 1 is 1.71 bits per heavy atom. The summed E-state index contributed by atoms with van der Waals surface area (Å²) in [6.07, 6.45) is -0.786. The maximum atomic E-state index is 11.0. The van der Waals surface area contributed by atoms with Gasteiger partial charge in [0.25, 0.3) is 5.56 Å². The van der Waals surface area contributed by atoms with E-state index < -0.39 is 6.10 Å². The molecule has 0 fully saturated rings. The molecule has 0 aromatic carbocycles. The number of nitrogens with one attached hydrogen (secondary N) is 1. The van der Waals surface area contributed by atoms with E-state index in [1.807, 2.05) is 0 Å². The Morgan fingerprint density at radius 2 is 2.43 bits per heavy atom. The second-order valence-corrected chi connectivity index (χ2v) is 3.85. The Balaban J connectivity index is 2.63. The molecule has 1 aromatic heterocycles. The van der Waals surface area contributed by atoms with Crippen LogP contribution in [0.15, 0.2) is 16.0 Å². The van der Waals surface area contributed by atoms with Gasteiger partial charge in [0.15, 0.2) is 5.16 Å². The zero-order valence-electron chi connectivity index (χ0n) is 7.73. The van der Waals surface area contributed by atoms with E-state index in [1.165, 1.54) is 17.8 Å². The maximum Gasteiger partial charge on any atom is 0.251 e. The van der Waals surface area contributed by atoms with Crippen LogP contribution in [0, 0.1) is 6.92 Å². The first-order chi connectivity index (χ1) is 6.61. The molecule has 0 unspecified atom stereocenters. The summed E-state index contributed by atoms with van der Waals surface area (Å²) < 4.78 is 0. The number of rotatable bonds is 4. The van der Waals surface area contributed by atoms with Crippen LogP contribution in [0.5, 0.6) is 0 Å². The average molecular weight is 216 g/mol. The first-order valence-corrected chi connectivity index (χ1v) is 5.10. The molecule has 1 aromatic rings. The van der Waals surface area contributed by atoms with E-state index in [0.717, 1.165) is 0 Å². The Bertz CT molecular complexity index is 353. The number of aliphatic hydroxyl groups excluding tert-OH is 2. The largest absolute Gasteiger partial charge is 0.394 e. The molecule has 0 saturated heterocycles. The summed E-state index contributed by atoms with van der Waals surface area (Å²) in [4.78, 5) is 17.6. The van der Waals surface area contributed by atoms with Gasteiger partial charge in [-0.25, -0.2) is 4.98 Å². The number of H-pyrrole nitrogens is 1. The van der Waals surface area contributed by atoms with Crippen molar-refractivity contribution in [3.63, 3.8) is 0 Å². The number of nitrogens with zero attached hydrogens (tertiary/aromatic N) is 1. The molecule has 1 heterocycles. The van der Waals surface area contributed by atoms with E-state index in [4.69, 9.17) is 10.2 Å². The zero-order valence-corrected chi connectivity index (χ0v) is 8.54. The Kier molecular flexibility index (Phi) is 4.12. The van der Waals surface area contributed by atoms with Crippen LogP contribution in [0.25, 0.3) is 0 Å². The smallest absolute Gasteiger partial charge is 0.251 e. The molecule has 0 radical (unpaired) electrons. The summed E-state index contributed by atoms with van der Waals surface area (Å²) >= 11 is 1.20. The third-order valence-electron chi connectivity index (χ3n) is 1.47. The second kappa shape index (κ2) is 5.14. The predicted octanol–water partition coefficient (Wildman–Crippen LogP) is -0.476. The highest BCUT2D eigenvalue weighted by Crippen LogP contribution is 2.11. The van der Waals surface area contributed by atoms with Crippen molar-refractivity contribution in [1.82, 2.24) is 9.97 Å². The highest BCUT2D eigenvalue weighted by molar-refractivity contribution is 7.99. The highest BCUT2D eigenvalue weighted by Gasteiger charge is 2.04. The lowest BCUT2D eigenvalue weighted by molar-refractivity contribution is 0.113. The third kappa shape index (κ3) is 3.49. The van der Waals surface area contributed by atoms with Crippen molar-refractivity contribution in [2.75, 3.05) is 12.4 Å². The number of hydrogen-bond acceptors (Lipinski definition) is 5. The Hall–Kier alpha value is -0.850. The number of aromatic nitrogens is 2. The van der Waals surface area contributed by atoms with Gasteiger partial charge in [-0.05, 0) is 6.92 Å². The van der Waals surface area contributed by atoms with Crippen molar-refractivity contribution >= 4 is 11.8 Å². The van der Waals surface area contributed by atoms with Gasteiger partial charge >= 0.3 is 0 Å². The number of thioether (sulfide) groups is 1. The van der Waals surface area contributed by atoms with E-state index in [0.29, 0.717) is 16.6 Å². The van der Waals surface area contributed by atoms with Crippen LogP contribution in [0.3, 0.4) is 0 Å². The van der Waals surface area contributed by atoms with Gasteiger partial charge < -0.3 is 15.2 Å². The lowest BCUT2D eigenvalue weighted by Crippen LogP contribution is -2.16. The monoisotopic (exact) mass is 216 g/mol. The van der Waals surface area contributed by atoms with E-state index >= 15 is 0 Å². The van der Waals surface area contributed by atoms with Gasteiger partial charge in [-0.2, -0.15) is 0 Å². The fraction of sp³-hybridized carbons (Fsp3) is 0.500. The normalized spacial score (nSPS) is 12.8. The maximum absolute atomic E-state index is 11.0. The molecule has 0 amide bonds. The summed E-state index contributed by atoms with van der Waals surface area (Å²) in [7, 11) is 0. The minimum Gasteiger partial charge on any atom is -0.394 e. The number of aliphatic hydroxyl groups is 2. The van der Waals surface area contributed by atoms with E-state index in [9.17, 15) is 4.79 Å². The minimum atomic E-state index is -0.786. The van der Waals surface area contributed by atoms with E-state index in [1.54, 1.807) is 6.92 Å². The SMILES string of the molecule is Cc1cc(=O)[nH]c(SC[C@@H](O)CO)n1. The van der Waals surface area contributed by atoms with Gasteiger partial charge in [0.1, 0.15) is 0 Å². The number of hydrogen-bond donors (Lipinski definition) is 3. The minimum absolute atomic E-state index is 0.210. The molecule has 0 spiro atoms. The van der Waals surface area contributed by atoms with Crippen LogP contribution < -0.4 is 5.56 Å². The molecule has 0 aliphatic rings. The van der Waals surface area contributed by atoms with Gasteiger partial charge in [0.2, 0.25) is 0 Å². The van der Waals surface area contributed by atoms with Gasteiger partial charge in [-0.15, -0.1) is 0 Å². The standard InChI is InChI=1S/C8H12N2O3S/c1-5-2-7(13)10-8(9-5)14-4-6(12)3-11/h2,6,11-12H,3-4H2,1H3,(H,9,10,13)/t6-/m0/s1. The molecule has 6 heteroatoms. The number of aryl methyl sites for hydroxylation is 1. The molecule has 1 atom stereocenters. The molecule has 14 heavy (non-hydrogen) atoms. The summed E-state index contributed by atoms with van der Waals surface area (Å²) in [5, 5.41) is 18.1. The summed E-state index contributed by atoms with van der Waals surface area (Å²) in [5.41, 5.74) is 0.424. The van der Waals surface area contributed by atoms with Gasteiger partial charge in [-0.3, -0.25) is 4.79 Å². The van der Waals surface area contributed by atoms with Crippen molar-refractivity contribution in [3.05, 3.63) is 22.1 Å².